The monoisotopic (exact) mass is 183 g/mol. The van der Waals surface area contributed by atoms with Crippen molar-refractivity contribution in [2.75, 3.05) is 0 Å². The number of rotatable bonds is 0. The Morgan fingerprint density at radius 3 is 1.25 bits per heavy atom. The van der Waals surface area contributed by atoms with Crippen molar-refractivity contribution in [2.45, 2.75) is 9.88 Å². The summed E-state index contributed by atoms with van der Waals surface area (Å²) >= 11 is 0.230. The molecule has 0 saturated heterocycles. The Kier molecular flexibility index (Phi) is 19.9. The van der Waals surface area contributed by atoms with E-state index in [1.807, 2.05) is 0 Å². The van der Waals surface area contributed by atoms with E-state index in [-0.39, 0.29) is 34.6 Å². The first kappa shape index (κ1) is 8.94. The van der Waals surface area contributed by atoms with E-state index in [2.05, 4.69) is 9.88 Å². The zero-order valence-electron chi connectivity index (χ0n) is 2.95. The van der Waals surface area contributed by atoms with E-state index in [1.54, 1.807) is 0 Å². The van der Waals surface area contributed by atoms with Crippen LogP contribution in [0.1, 0.15) is 0 Å². The Labute approximate surface area is 44.6 Å². The molecule has 0 rings (SSSR count). The summed E-state index contributed by atoms with van der Waals surface area (Å²) in [5, 5.41) is 0. The molecule has 0 bridgehead atoms. The van der Waals surface area contributed by atoms with Gasteiger partial charge in [0, 0.05) is 0 Å². The van der Waals surface area contributed by atoms with Gasteiger partial charge in [-0.05, 0) is 0 Å². The van der Waals surface area contributed by atoms with E-state index < -0.39 is 0 Å². The molecular formula is C2H7SSn. The van der Waals surface area contributed by atoms with Crippen LogP contribution in [-0.2, 0) is 13.5 Å². The summed E-state index contributed by atoms with van der Waals surface area (Å²) in [4.78, 5) is 4.59. The van der Waals surface area contributed by atoms with Gasteiger partial charge in [0.2, 0.25) is 0 Å². The van der Waals surface area contributed by atoms with Crippen LogP contribution in [0.2, 0.25) is 9.88 Å². The summed E-state index contributed by atoms with van der Waals surface area (Å²) in [6.07, 6.45) is 0. The fourth-order valence-electron chi connectivity index (χ4n) is 0. The predicted octanol–water partition coefficient (Wildman–Crippen LogP) is 0.517. The van der Waals surface area contributed by atoms with Gasteiger partial charge in [-0.15, -0.1) is 0 Å². The molecule has 0 heterocycles. The second-order valence-electron chi connectivity index (χ2n) is 0.500. The molecule has 0 N–H and O–H groups in total. The fourth-order valence-corrected chi connectivity index (χ4v) is 0. The minimum atomic E-state index is 0. The molecule has 1 radical (unpaired) electrons. The summed E-state index contributed by atoms with van der Waals surface area (Å²) < 4.78 is 0. The summed E-state index contributed by atoms with van der Waals surface area (Å²) in [6.45, 7) is 0. The van der Waals surface area contributed by atoms with Gasteiger partial charge in [-0.3, -0.25) is 0 Å². The molecule has 0 aliphatic carbocycles. The van der Waals surface area contributed by atoms with Crippen LogP contribution >= 0.6 is 0 Å². The van der Waals surface area contributed by atoms with Crippen molar-refractivity contribution in [1.29, 1.82) is 0 Å². The van der Waals surface area contributed by atoms with Crippen molar-refractivity contribution in [2.24, 2.45) is 0 Å². The molecule has 0 fully saturated rings. The van der Waals surface area contributed by atoms with Crippen LogP contribution in [0.5, 0.6) is 0 Å². The number of hydrogen-bond acceptors (Lipinski definition) is 1. The molecule has 0 aromatic rings. The molecule has 0 nitrogen and oxygen atoms in total. The van der Waals surface area contributed by atoms with Gasteiger partial charge in [-0.1, -0.05) is 0 Å². The Bertz CT molecular complexity index is 6.00. The van der Waals surface area contributed by atoms with E-state index in [0.29, 0.717) is 0 Å². The average molecular weight is 182 g/mol. The SMILES string of the molecule is [CH3][Sn+][CH3].[SH-]. The van der Waals surface area contributed by atoms with E-state index in [1.165, 1.54) is 0 Å². The molecule has 0 amide bonds. The van der Waals surface area contributed by atoms with Crippen LogP contribution in [0.15, 0.2) is 0 Å². The molecule has 4 heavy (non-hydrogen) atoms. The smallest absolute Gasteiger partial charge is 0.813 e. The van der Waals surface area contributed by atoms with Gasteiger partial charge in [0.15, 0.2) is 0 Å². The normalized spacial score (nSPS) is 3.50. The van der Waals surface area contributed by atoms with E-state index in [0.717, 1.165) is 0 Å². The molecule has 0 atom stereocenters. The predicted molar refractivity (Wildman–Crippen MR) is 26.2 cm³/mol. The topological polar surface area (TPSA) is 0 Å². The molecule has 25 valence electrons. The Balaban J connectivity index is 0. The number of thiol groups is 1. The van der Waals surface area contributed by atoms with Gasteiger partial charge in [-0.2, -0.15) is 0 Å². The van der Waals surface area contributed by atoms with E-state index >= 15 is 0 Å². The standard InChI is InChI=1S/2CH3.H2S.Sn/h2*1H3;1H2;/q;;;+1/p-1. The van der Waals surface area contributed by atoms with E-state index in [9.17, 15) is 0 Å². The minimum Gasteiger partial charge on any atom is -0.813 e. The van der Waals surface area contributed by atoms with Crippen LogP contribution in [0, 0.1) is 0 Å². The Morgan fingerprint density at radius 1 is 1.25 bits per heavy atom. The fraction of sp³-hybridized carbons (Fsp3) is 1.00. The van der Waals surface area contributed by atoms with Gasteiger partial charge in [0.25, 0.3) is 0 Å². The molecule has 0 aliphatic rings. The third-order valence-electron chi connectivity index (χ3n) is 0. The van der Waals surface area contributed by atoms with Gasteiger partial charge in [0.1, 0.15) is 0 Å². The largest absolute Gasteiger partial charge is 0.813 e. The Morgan fingerprint density at radius 2 is 1.25 bits per heavy atom. The quantitative estimate of drug-likeness (QED) is 0.299. The first-order valence-corrected chi connectivity index (χ1v) is 6.71. The molecule has 0 aromatic heterocycles. The van der Waals surface area contributed by atoms with Crippen molar-refractivity contribution in [3.63, 3.8) is 0 Å². The minimum absolute atomic E-state index is 0. The van der Waals surface area contributed by atoms with Gasteiger partial charge in [0.05, 0.1) is 0 Å². The molecule has 0 saturated carbocycles. The maximum Gasteiger partial charge on any atom is -0.813 e. The molecular weight excluding hydrogens is 175 g/mol. The Hall–Kier alpha value is 1.15. The van der Waals surface area contributed by atoms with Crippen LogP contribution in [0.3, 0.4) is 0 Å². The zero-order chi connectivity index (χ0) is 2.71. The first-order chi connectivity index (χ1) is 1.41. The van der Waals surface area contributed by atoms with Crippen molar-refractivity contribution >= 4 is 34.6 Å². The third-order valence-corrected chi connectivity index (χ3v) is 0. The van der Waals surface area contributed by atoms with Crippen LogP contribution in [0.4, 0.5) is 0 Å². The van der Waals surface area contributed by atoms with Crippen molar-refractivity contribution < 1.29 is 0 Å². The van der Waals surface area contributed by atoms with Crippen LogP contribution in [0.25, 0.3) is 0 Å². The zero-order valence-corrected chi connectivity index (χ0v) is 6.70. The molecule has 2 heteroatoms. The summed E-state index contributed by atoms with van der Waals surface area (Å²) in [7, 11) is 0. The molecule has 0 aliphatic heterocycles. The molecule has 0 aromatic carbocycles. The van der Waals surface area contributed by atoms with Gasteiger partial charge < -0.3 is 13.5 Å². The van der Waals surface area contributed by atoms with Gasteiger partial charge >= 0.3 is 31.0 Å². The average Bonchev–Trinajstić information content (AvgIpc) is 0.918. The summed E-state index contributed by atoms with van der Waals surface area (Å²) in [6, 6.07) is 0. The van der Waals surface area contributed by atoms with Crippen molar-refractivity contribution in [3.8, 4) is 0 Å². The van der Waals surface area contributed by atoms with Crippen LogP contribution in [-0.4, -0.2) is 21.1 Å². The summed E-state index contributed by atoms with van der Waals surface area (Å²) in [5.41, 5.74) is 0. The van der Waals surface area contributed by atoms with E-state index in [4.69, 9.17) is 0 Å². The molecule has 0 spiro atoms. The number of hydrogen-bond donors (Lipinski definition) is 0. The third kappa shape index (κ3) is 11.0. The van der Waals surface area contributed by atoms with Crippen molar-refractivity contribution in [3.05, 3.63) is 0 Å². The maximum atomic E-state index is 2.30. The summed E-state index contributed by atoms with van der Waals surface area (Å²) in [5.74, 6) is 0. The first-order valence-electron chi connectivity index (χ1n) is 1.00. The van der Waals surface area contributed by atoms with Crippen molar-refractivity contribution in [1.82, 2.24) is 0 Å². The van der Waals surface area contributed by atoms with Gasteiger partial charge in [-0.25, -0.2) is 0 Å². The van der Waals surface area contributed by atoms with Crippen LogP contribution < -0.4 is 0 Å². The molecule has 0 unspecified atom stereocenters. The second kappa shape index (κ2) is 8.91. The second-order valence-corrected chi connectivity index (χ2v) is 3.35. The maximum absolute atomic E-state index is 2.30.